The van der Waals surface area contributed by atoms with Crippen molar-refractivity contribution in [3.8, 4) is 0 Å². The summed E-state index contributed by atoms with van der Waals surface area (Å²) in [5.74, 6) is -0.0581. The summed E-state index contributed by atoms with van der Waals surface area (Å²) in [6.45, 7) is 4.25. The number of amides is 1. The summed E-state index contributed by atoms with van der Waals surface area (Å²) in [4.78, 5) is 17.9. The molecule has 1 aromatic rings. The van der Waals surface area contributed by atoms with Crippen molar-refractivity contribution in [2.75, 3.05) is 13.2 Å². The lowest BCUT2D eigenvalue weighted by Gasteiger charge is -2.27. The molecule has 0 aliphatic rings. The average molecular weight is 301 g/mol. The van der Waals surface area contributed by atoms with Gasteiger partial charge in [0.05, 0.1) is 23.2 Å². The SMILES string of the molecule is CC(C)(Br)C(=O)N(CCO)Cc1ccccn1. The highest BCUT2D eigenvalue weighted by Gasteiger charge is 2.28. The van der Waals surface area contributed by atoms with Crippen molar-refractivity contribution < 1.29 is 9.90 Å². The maximum absolute atomic E-state index is 12.1. The summed E-state index contributed by atoms with van der Waals surface area (Å²) >= 11 is 3.33. The highest BCUT2D eigenvalue weighted by Crippen LogP contribution is 2.20. The molecule has 1 amide bonds. The van der Waals surface area contributed by atoms with E-state index >= 15 is 0 Å². The van der Waals surface area contributed by atoms with Crippen LogP contribution in [-0.2, 0) is 11.3 Å². The number of carbonyl (C=O) groups excluding carboxylic acids is 1. The van der Waals surface area contributed by atoms with Crippen LogP contribution in [0.25, 0.3) is 0 Å². The van der Waals surface area contributed by atoms with Gasteiger partial charge in [0.2, 0.25) is 5.91 Å². The largest absolute Gasteiger partial charge is 0.395 e. The molecule has 4 nitrogen and oxygen atoms in total. The molecule has 1 N–H and O–H groups in total. The van der Waals surface area contributed by atoms with Gasteiger partial charge in [-0.1, -0.05) is 22.0 Å². The summed E-state index contributed by atoms with van der Waals surface area (Å²) in [6.07, 6.45) is 1.69. The maximum atomic E-state index is 12.1. The third kappa shape index (κ3) is 4.44. The van der Waals surface area contributed by atoms with Crippen LogP contribution in [0.2, 0.25) is 0 Å². The van der Waals surface area contributed by atoms with E-state index in [4.69, 9.17) is 5.11 Å². The number of rotatable bonds is 5. The van der Waals surface area contributed by atoms with E-state index in [0.717, 1.165) is 5.69 Å². The zero-order valence-corrected chi connectivity index (χ0v) is 11.6. The molecular formula is C12H17BrN2O2. The normalized spacial score (nSPS) is 11.3. The Kier molecular flexibility index (Phi) is 5.08. The van der Waals surface area contributed by atoms with Crippen LogP contribution in [0.3, 0.4) is 0 Å². The molecule has 1 heterocycles. The van der Waals surface area contributed by atoms with Crippen molar-refractivity contribution in [1.29, 1.82) is 0 Å². The van der Waals surface area contributed by atoms with Crippen molar-refractivity contribution in [2.45, 2.75) is 24.7 Å². The predicted molar refractivity (Wildman–Crippen MR) is 69.7 cm³/mol. The molecular weight excluding hydrogens is 284 g/mol. The van der Waals surface area contributed by atoms with Crippen molar-refractivity contribution in [3.05, 3.63) is 30.1 Å². The first kappa shape index (κ1) is 14.1. The highest BCUT2D eigenvalue weighted by atomic mass is 79.9. The molecule has 0 atom stereocenters. The topological polar surface area (TPSA) is 53.4 Å². The third-order valence-corrected chi connectivity index (χ3v) is 2.58. The maximum Gasteiger partial charge on any atom is 0.239 e. The highest BCUT2D eigenvalue weighted by molar-refractivity contribution is 9.10. The number of hydrogen-bond acceptors (Lipinski definition) is 3. The first-order chi connectivity index (χ1) is 7.95. The molecule has 1 aromatic heterocycles. The van der Waals surface area contributed by atoms with E-state index in [-0.39, 0.29) is 12.5 Å². The number of carbonyl (C=O) groups is 1. The average Bonchev–Trinajstić information content (AvgIpc) is 2.28. The van der Waals surface area contributed by atoms with Crippen LogP contribution >= 0.6 is 15.9 Å². The number of alkyl halides is 1. The van der Waals surface area contributed by atoms with Crippen LogP contribution in [-0.4, -0.2) is 38.4 Å². The van der Waals surface area contributed by atoms with Gasteiger partial charge in [0.1, 0.15) is 0 Å². The van der Waals surface area contributed by atoms with Crippen molar-refractivity contribution in [2.24, 2.45) is 0 Å². The van der Waals surface area contributed by atoms with E-state index in [0.29, 0.717) is 13.1 Å². The van der Waals surface area contributed by atoms with Crippen LogP contribution in [0.15, 0.2) is 24.4 Å². The molecule has 1 rings (SSSR count). The number of pyridine rings is 1. The van der Waals surface area contributed by atoms with Gasteiger partial charge in [-0.3, -0.25) is 9.78 Å². The van der Waals surface area contributed by atoms with E-state index < -0.39 is 4.32 Å². The number of hydrogen-bond donors (Lipinski definition) is 1. The fourth-order valence-corrected chi connectivity index (χ4v) is 1.69. The van der Waals surface area contributed by atoms with Crippen LogP contribution in [0.4, 0.5) is 0 Å². The molecule has 0 bridgehead atoms. The Balaban J connectivity index is 2.77. The summed E-state index contributed by atoms with van der Waals surface area (Å²) in [7, 11) is 0. The minimum absolute atomic E-state index is 0.0539. The lowest BCUT2D eigenvalue weighted by atomic mass is 10.2. The zero-order valence-electron chi connectivity index (χ0n) is 10.1. The van der Waals surface area contributed by atoms with E-state index in [2.05, 4.69) is 20.9 Å². The number of nitrogens with zero attached hydrogens (tertiary/aromatic N) is 2. The number of aliphatic hydroxyl groups excluding tert-OH is 1. The molecule has 0 saturated heterocycles. The Morgan fingerprint density at radius 1 is 1.53 bits per heavy atom. The third-order valence-electron chi connectivity index (χ3n) is 2.24. The van der Waals surface area contributed by atoms with Gasteiger partial charge in [-0.2, -0.15) is 0 Å². The van der Waals surface area contributed by atoms with E-state index in [9.17, 15) is 4.79 Å². The van der Waals surface area contributed by atoms with Gasteiger partial charge in [0.15, 0.2) is 0 Å². The zero-order chi connectivity index (χ0) is 12.9. The molecule has 0 unspecified atom stereocenters. The van der Waals surface area contributed by atoms with Gasteiger partial charge < -0.3 is 10.0 Å². The first-order valence-corrected chi connectivity index (χ1v) is 6.23. The van der Waals surface area contributed by atoms with E-state index in [1.165, 1.54) is 0 Å². The van der Waals surface area contributed by atoms with Gasteiger partial charge in [0, 0.05) is 12.7 Å². The molecule has 0 radical (unpaired) electrons. The quantitative estimate of drug-likeness (QED) is 0.840. The van der Waals surface area contributed by atoms with Crippen LogP contribution in [0.1, 0.15) is 19.5 Å². The summed E-state index contributed by atoms with van der Waals surface area (Å²) < 4.78 is -0.628. The van der Waals surface area contributed by atoms with Gasteiger partial charge in [-0.15, -0.1) is 0 Å². The summed E-state index contributed by atoms with van der Waals surface area (Å²) in [5.41, 5.74) is 0.811. The Hall–Kier alpha value is -0.940. The summed E-state index contributed by atoms with van der Waals surface area (Å²) in [5, 5.41) is 9.00. The van der Waals surface area contributed by atoms with Gasteiger partial charge >= 0.3 is 0 Å². The Morgan fingerprint density at radius 3 is 2.71 bits per heavy atom. The first-order valence-electron chi connectivity index (χ1n) is 5.44. The molecule has 5 heteroatoms. The lowest BCUT2D eigenvalue weighted by Crippen LogP contribution is -2.42. The minimum Gasteiger partial charge on any atom is -0.395 e. The van der Waals surface area contributed by atoms with Gasteiger partial charge in [-0.05, 0) is 26.0 Å². The van der Waals surface area contributed by atoms with Gasteiger partial charge in [0.25, 0.3) is 0 Å². The Morgan fingerprint density at radius 2 is 2.24 bits per heavy atom. The fourth-order valence-electron chi connectivity index (χ4n) is 1.44. The Labute approximate surface area is 110 Å². The molecule has 0 fully saturated rings. The fraction of sp³-hybridized carbons (Fsp3) is 0.500. The molecule has 0 aliphatic heterocycles. The second-order valence-corrected chi connectivity index (χ2v) is 6.23. The number of aliphatic hydroxyl groups is 1. The molecule has 0 spiro atoms. The van der Waals surface area contributed by atoms with Crippen molar-refractivity contribution in [1.82, 2.24) is 9.88 Å². The second kappa shape index (κ2) is 6.12. The molecule has 17 heavy (non-hydrogen) atoms. The second-order valence-electron chi connectivity index (χ2n) is 4.24. The predicted octanol–water partition coefficient (Wildman–Crippen LogP) is 1.58. The number of aromatic nitrogens is 1. The Bertz CT molecular complexity index is 363. The van der Waals surface area contributed by atoms with Crippen molar-refractivity contribution >= 4 is 21.8 Å². The monoisotopic (exact) mass is 300 g/mol. The standard InChI is InChI=1S/C12H17BrN2O2/c1-12(2,13)11(17)15(7-8-16)9-10-5-3-4-6-14-10/h3-6,16H,7-9H2,1-2H3. The molecule has 94 valence electrons. The smallest absolute Gasteiger partial charge is 0.239 e. The molecule has 0 saturated carbocycles. The number of halogens is 1. The van der Waals surface area contributed by atoms with E-state index in [1.807, 2.05) is 18.2 Å². The molecule has 0 aromatic carbocycles. The van der Waals surface area contributed by atoms with Crippen LogP contribution < -0.4 is 0 Å². The van der Waals surface area contributed by atoms with Gasteiger partial charge in [-0.25, -0.2) is 0 Å². The lowest BCUT2D eigenvalue weighted by molar-refractivity contribution is -0.134. The summed E-state index contributed by atoms with van der Waals surface area (Å²) in [6, 6.07) is 5.57. The van der Waals surface area contributed by atoms with Crippen LogP contribution in [0.5, 0.6) is 0 Å². The molecule has 0 aliphatic carbocycles. The van der Waals surface area contributed by atoms with E-state index in [1.54, 1.807) is 24.9 Å². The van der Waals surface area contributed by atoms with Crippen molar-refractivity contribution in [3.63, 3.8) is 0 Å². The van der Waals surface area contributed by atoms with Crippen LogP contribution in [0, 0.1) is 0 Å². The minimum atomic E-state index is -0.628.